The topological polar surface area (TPSA) is 29.1 Å². The second kappa shape index (κ2) is 4.94. The monoisotopic (exact) mass is 195 g/mol. The smallest absolute Gasteiger partial charge is 0.186 e. The normalized spacial score (nSPS) is 9.92. The van der Waals surface area contributed by atoms with Crippen molar-refractivity contribution in [3.8, 4) is 0 Å². The molecule has 0 aliphatic heterocycles. The van der Waals surface area contributed by atoms with Gasteiger partial charge < -0.3 is 5.32 Å². The number of hydrogen-bond acceptors (Lipinski definition) is 3. The van der Waals surface area contributed by atoms with Crippen molar-refractivity contribution >= 4 is 17.1 Å². The van der Waals surface area contributed by atoms with Crippen LogP contribution < -0.4 is 5.32 Å². The van der Waals surface area contributed by atoms with Crippen LogP contribution >= 0.6 is 11.3 Å². The lowest BCUT2D eigenvalue weighted by atomic mass is 10.3. The maximum absolute atomic E-state index is 11.4. The Bertz CT molecular complexity index is 304. The second-order valence-electron chi connectivity index (χ2n) is 2.75. The van der Waals surface area contributed by atoms with Gasteiger partial charge in [-0.25, -0.2) is 0 Å². The fourth-order valence-electron chi connectivity index (χ4n) is 0.959. The van der Waals surface area contributed by atoms with Gasteiger partial charge in [0.2, 0.25) is 0 Å². The van der Waals surface area contributed by atoms with E-state index in [-0.39, 0.29) is 5.78 Å². The van der Waals surface area contributed by atoms with Gasteiger partial charge in [0, 0.05) is 11.4 Å². The number of ketones is 1. The van der Waals surface area contributed by atoms with E-state index in [1.807, 2.05) is 19.1 Å². The van der Waals surface area contributed by atoms with E-state index in [9.17, 15) is 4.79 Å². The number of rotatable bonds is 5. The molecular formula is C10H13NOS. The number of aryl methyl sites for hydroxylation is 1. The zero-order valence-electron chi connectivity index (χ0n) is 7.67. The molecule has 0 bridgehead atoms. The summed E-state index contributed by atoms with van der Waals surface area (Å²) in [5.41, 5.74) is 0. The third-order valence-electron chi connectivity index (χ3n) is 1.59. The van der Waals surface area contributed by atoms with Crippen LogP contribution in [-0.4, -0.2) is 18.9 Å². The largest absolute Gasteiger partial charge is 0.306 e. The van der Waals surface area contributed by atoms with Gasteiger partial charge in [0.15, 0.2) is 5.78 Å². The molecular weight excluding hydrogens is 182 g/mol. The lowest BCUT2D eigenvalue weighted by molar-refractivity contribution is 0.0996. The van der Waals surface area contributed by atoms with E-state index in [2.05, 4.69) is 11.9 Å². The fraction of sp³-hybridized carbons (Fsp3) is 0.300. The maximum atomic E-state index is 11.4. The molecule has 1 aromatic heterocycles. The van der Waals surface area contributed by atoms with Crippen molar-refractivity contribution in [2.24, 2.45) is 0 Å². The summed E-state index contributed by atoms with van der Waals surface area (Å²) >= 11 is 1.54. The van der Waals surface area contributed by atoms with Gasteiger partial charge in [-0.15, -0.1) is 17.9 Å². The van der Waals surface area contributed by atoms with Crippen LogP contribution in [0.3, 0.4) is 0 Å². The molecule has 0 amide bonds. The SMILES string of the molecule is C=CCNCC(=O)c1ccc(C)s1. The highest BCUT2D eigenvalue weighted by Gasteiger charge is 2.06. The first-order chi connectivity index (χ1) is 6.24. The van der Waals surface area contributed by atoms with Crippen LogP contribution in [0.2, 0.25) is 0 Å². The summed E-state index contributed by atoms with van der Waals surface area (Å²) in [5.74, 6) is 0.153. The van der Waals surface area contributed by atoms with E-state index in [1.54, 1.807) is 6.08 Å². The number of Topliss-reactive ketones (excluding diaryl/α,β-unsaturated/α-hetero) is 1. The lowest BCUT2D eigenvalue weighted by Crippen LogP contribution is -2.22. The van der Waals surface area contributed by atoms with E-state index in [4.69, 9.17) is 0 Å². The van der Waals surface area contributed by atoms with Gasteiger partial charge in [-0.3, -0.25) is 4.79 Å². The minimum atomic E-state index is 0.153. The first kappa shape index (κ1) is 10.2. The van der Waals surface area contributed by atoms with Gasteiger partial charge >= 0.3 is 0 Å². The molecule has 0 fully saturated rings. The summed E-state index contributed by atoms with van der Waals surface area (Å²) in [4.78, 5) is 13.4. The Hall–Kier alpha value is -0.930. The van der Waals surface area contributed by atoms with Crippen LogP contribution in [0.25, 0.3) is 0 Å². The second-order valence-corrected chi connectivity index (χ2v) is 4.04. The zero-order chi connectivity index (χ0) is 9.68. The third kappa shape index (κ3) is 3.13. The molecule has 3 heteroatoms. The van der Waals surface area contributed by atoms with Crippen molar-refractivity contribution in [2.75, 3.05) is 13.1 Å². The Morgan fingerprint density at radius 2 is 2.46 bits per heavy atom. The molecule has 0 saturated heterocycles. The molecule has 0 atom stereocenters. The molecule has 1 rings (SSSR count). The first-order valence-corrected chi connectivity index (χ1v) is 4.97. The Morgan fingerprint density at radius 3 is 3.00 bits per heavy atom. The molecule has 0 aromatic carbocycles. The Balaban J connectivity index is 2.44. The summed E-state index contributed by atoms with van der Waals surface area (Å²) in [6.45, 7) is 6.63. The van der Waals surface area contributed by atoms with Crippen LogP contribution in [0, 0.1) is 6.92 Å². The van der Waals surface area contributed by atoms with Crippen LogP contribution in [0.15, 0.2) is 24.8 Å². The average Bonchev–Trinajstić information content (AvgIpc) is 2.52. The molecule has 0 aliphatic rings. The third-order valence-corrected chi connectivity index (χ3v) is 2.63. The van der Waals surface area contributed by atoms with Crippen molar-refractivity contribution in [1.82, 2.24) is 5.32 Å². The molecule has 1 aromatic rings. The molecule has 70 valence electrons. The van der Waals surface area contributed by atoms with Crippen molar-refractivity contribution in [2.45, 2.75) is 6.92 Å². The van der Waals surface area contributed by atoms with Crippen molar-refractivity contribution in [1.29, 1.82) is 0 Å². The quantitative estimate of drug-likeness (QED) is 0.442. The van der Waals surface area contributed by atoms with E-state index in [0.717, 1.165) is 4.88 Å². The van der Waals surface area contributed by atoms with Crippen molar-refractivity contribution in [3.05, 3.63) is 34.5 Å². The maximum Gasteiger partial charge on any atom is 0.186 e. The van der Waals surface area contributed by atoms with E-state index < -0.39 is 0 Å². The summed E-state index contributed by atoms with van der Waals surface area (Å²) in [5, 5.41) is 2.98. The van der Waals surface area contributed by atoms with Gasteiger partial charge in [-0.2, -0.15) is 0 Å². The molecule has 0 saturated carbocycles. The lowest BCUT2D eigenvalue weighted by Gasteiger charge is -1.97. The highest BCUT2D eigenvalue weighted by molar-refractivity contribution is 7.14. The van der Waals surface area contributed by atoms with Gasteiger partial charge in [0.05, 0.1) is 11.4 Å². The van der Waals surface area contributed by atoms with E-state index in [0.29, 0.717) is 13.1 Å². The van der Waals surface area contributed by atoms with Gasteiger partial charge in [-0.1, -0.05) is 6.08 Å². The molecule has 0 aliphatic carbocycles. The number of carbonyl (C=O) groups is 1. The predicted octanol–water partition coefficient (Wildman–Crippen LogP) is 2.01. The van der Waals surface area contributed by atoms with Crippen molar-refractivity contribution < 1.29 is 4.79 Å². The Morgan fingerprint density at radius 1 is 1.69 bits per heavy atom. The first-order valence-electron chi connectivity index (χ1n) is 4.15. The number of hydrogen-bond donors (Lipinski definition) is 1. The number of thiophene rings is 1. The summed E-state index contributed by atoms with van der Waals surface area (Å²) in [6.07, 6.45) is 1.74. The van der Waals surface area contributed by atoms with Crippen LogP contribution in [0.5, 0.6) is 0 Å². The van der Waals surface area contributed by atoms with Gasteiger partial charge in [0.1, 0.15) is 0 Å². The molecule has 1 heterocycles. The number of nitrogens with one attached hydrogen (secondary N) is 1. The minimum Gasteiger partial charge on any atom is -0.306 e. The minimum absolute atomic E-state index is 0.153. The average molecular weight is 195 g/mol. The fourth-order valence-corrected chi connectivity index (χ4v) is 1.76. The molecule has 0 spiro atoms. The highest BCUT2D eigenvalue weighted by atomic mass is 32.1. The number of carbonyl (C=O) groups excluding carboxylic acids is 1. The summed E-state index contributed by atoms with van der Waals surface area (Å²) in [7, 11) is 0. The van der Waals surface area contributed by atoms with Gasteiger partial charge in [0.25, 0.3) is 0 Å². The van der Waals surface area contributed by atoms with Gasteiger partial charge in [-0.05, 0) is 19.1 Å². The summed E-state index contributed by atoms with van der Waals surface area (Å²) in [6, 6.07) is 3.84. The standard InChI is InChI=1S/C10H13NOS/c1-3-6-11-7-9(12)10-5-4-8(2)13-10/h3-5,11H,1,6-7H2,2H3. The zero-order valence-corrected chi connectivity index (χ0v) is 8.49. The summed E-state index contributed by atoms with van der Waals surface area (Å²) < 4.78 is 0. The predicted molar refractivity (Wildman–Crippen MR) is 56.5 cm³/mol. The van der Waals surface area contributed by atoms with E-state index >= 15 is 0 Å². The molecule has 2 nitrogen and oxygen atoms in total. The Labute approximate surface area is 82.3 Å². The van der Waals surface area contributed by atoms with Crippen molar-refractivity contribution in [3.63, 3.8) is 0 Å². The molecule has 1 N–H and O–H groups in total. The Kier molecular flexibility index (Phi) is 3.86. The van der Waals surface area contributed by atoms with Crippen LogP contribution in [-0.2, 0) is 0 Å². The van der Waals surface area contributed by atoms with E-state index in [1.165, 1.54) is 16.2 Å². The highest BCUT2D eigenvalue weighted by Crippen LogP contribution is 2.14. The van der Waals surface area contributed by atoms with Crippen LogP contribution in [0.1, 0.15) is 14.5 Å². The van der Waals surface area contributed by atoms with Crippen LogP contribution in [0.4, 0.5) is 0 Å². The molecule has 13 heavy (non-hydrogen) atoms. The molecule has 0 unspecified atom stereocenters. The molecule has 0 radical (unpaired) electrons.